The van der Waals surface area contributed by atoms with Crippen LogP contribution < -0.4 is 5.32 Å². The van der Waals surface area contributed by atoms with E-state index in [1.165, 1.54) is 25.7 Å². The number of guanidine groups is 1. The Morgan fingerprint density at radius 1 is 1.11 bits per heavy atom. The second-order valence-electron chi connectivity index (χ2n) is 9.85. The van der Waals surface area contributed by atoms with E-state index in [2.05, 4.69) is 20.1 Å². The van der Waals surface area contributed by atoms with Crippen molar-refractivity contribution in [1.29, 1.82) is 0 Å². The van der Waals surface area contributed by atoms with Gasteiger partial charge < -0.3 is 15.1 Å². The summed E-state index contributed by atoms with van der Waals surface area (Å²) < 4.78 is 0. The first-order valence-corrected chi connectivity index (χ1v) is 11.4. The van der Waals surface area contributed by atoms with Gasteiger partial charge in [0.05, 0.1) is 5.41 Å². The summed E-state index contributed by atoms with van der Waals surface area (Å²) in [5.41, 5.74) is -0.246. The number of carbonyl (C=O) groups is 1. The number of hydrogen-bond acceptors (Lipinski definition) is 3. The summed E-state index contributed by atoms with van der Waals surface area (Å²) in [4.78, 5) is 24.3. The molecule has 0 aromatic carbocycles. The molecule has 158 valence electrons. The lowest BCUT2D eigenvalue weighted by Crippen LogP contribution is -2.57. The molecule has 0 radical (unpaired) electrons. The molecule has 1 amide bonds. The lowest BCUT2D eigenvalue weighted by molar-refractivity contribution is -0.138. The Hall–Kier alpha value is -1.30. The number of fused-ring (bicyclic) bond motifs is 2. The third kappa shape index (κ3) is 3.77. The van der Waals surface area contributed by atoms with Gasteiger partial charge >= 0.3 is 0 Å². The van der Waals surface area contributed by atoms with Gasteiger partial charge in [-0.05, 0) is 43.9 Å². The number of nitrogens with one attached hydrogen (secondary N) is 1. The highest BCUT2D eigenvalue weighted by atomic mass is 16.2. The number of amides is 1. The van der Waals surface area contributed by atoms with E-state index in [-0.39, 0.29) is 11.3 Å². The minimum Gasteiger partial charge on any atom is -0.355 e. The van der Waals surface area contributed by atoms with Crippen LogP contribution in [0.5, 0.6) is 0 Å². The van der Waals surface area contributed by atoms with Gasteiger partial charge in [0.25, 0.3) is 0 Å². The molecule has 4 fully saturated rings. The molecule has 6 nitrogen and oxygen atoms in total. The van der Waals surface area contributed by atoms with E-state index >= 15 is 0 Å². The second kappa shape index (κ2) is 8.21. The molecule has 1 N–H and O–H groups in total. The minimum absolute atomic E-state index is 0.246. The van der Waals surface area contributed by atoms with Crippen molar-refractivity contribution in [3.05, 3.63) is 0 Å². The molecule has 4 rings (SSSR count). The maximum absolute atomic E-state index is 12.8. The fourth-order valence-electron chi connectivity index (χ4n) is 6.50. The first-order chi connectivity index (χ1) is 13.5. The average molecular weight is 390 g/mol. The maximum atomic E-state index is 12.8. The van der Waals surface area contributed by atoms with Crippen LogP contribution in [0.3, 0.4) is 0 Å². The van der Waals surface area contributed by atoms with Gasteiger partial charge in [0.1, 0.15) is 0 Å². The average Bonchev–Trinajstić information content (AvgIpc) is 3.46. The highest BCUT2D eigenvalue weighted by Crippen LogP contribution is 2.46. The molecule has 3 saturated carbocycles. The molecular weight excluding hydrogens is 350 g/mol. The number of nitrogens with zero attached hydrogens (tertiary/aromatic N) is 4. The van der Waals surface area contributed by atoms with Gasteiger partial charge in [-0.1, -0.05) is 19.3 Å². The number of carbonyl (C=O) groups excluding carboxylic acids is 1. The van der Waals surface area contributed by atoms with Crippen LogP contribution in [0.1, 0.15) is 51.4 Å². The molecule has 6 heteroatoms. The zero-order valence-corrected chi connectivity index (χ0v) is 18.1. The Kier molecular flexibility index (Phi) is 5.86. The molecule has 2 bridgehead atoms. The van der Waals surface area contributed by atoms with Crippen molar-refractivity contribution in [3.63, 3.8) is 0 Å². The second-order valence-corrected chi connectivity index (χ2v) is 9.85. The van der Waals surface area contributed by atoms with Gasteiger partial charge in [0.15, 0.2) is 5.96 Å². The molecule has 0 spiro atoms. The van der Waals surface area contributed by atoms with Crippen LogP contribution in [-0.2, 0) is 4.79 Å². The van der Waals surface area contributed by atoms with Gasteiger partial charge in [-0.25, -0.2) is 0 Å². The summed E-state index contributed by atoms with van der Waals surface area (Å²) in [6, 6.07) is 0.843. The molecule has 4 aliphatic rings. The Bertz CT molecular complexity index is 590. The third-order valence-electron chi connectivity index (χ3n) is 8.00. The molecule has 3 unspecified atom stereocenters. The quantitative estimate of drug-likeness (QED) is 0.590. The predicted molar refractivity (Wildman–Crippen MR) is 113 cm³/mol. The van der Waals surface area contributed by atoms with E-state index < -0.39 is 0 Å². The maximum Gasteiger partial charge on any atom is 0.230 e. The van der Waals surface area contributed by atoms with Gasteiger partial charge in [0, 0.05) is 59.9 Å². The highest BCUT2D eigenvalue weighted by Gasteiger charge is 2.44. The summed E-state index contributed by atoms with van der Waals surface area (Å²) in [6.07, 6.45) is 10.1. The van der Waals surface area contributed by atoms with Crippen molar-refractivity contribution in [1.82, 2.24) is 20.0 Å². The van der Waals surface area contributed by atoms with E-state index in [1.807, 2.05) is 21.1 Å². The molecule has 3 aliphatic carbocycles. The minimum atomic E-state index is -0.246. The van der Waals surface area contributed by atoms with Crippen LogP contribution in [-0.4, -0.2) is 86.5 Å². The normalized spacial score (nSPS) is 32.8. The lowest BCUT2D eigenvalue weighted by Gasteiger charge is -2.42. The largest absolute Gasteiger partial charge is 0.355 e. The first-order valence-electron chi connectivity index (χ1n) is 11.4. The molecule has 28 heavy (non-hydrogen) atoms. The summed E-state index contributed by atoms with van der Waals surface area (Å²) >= 11 is 0. The van der Waals surface area contributed by atoms with Crippen LogP contribution in [0.25, 0.3) is 0 Å². The molecular formula is C22H39N5O. The molecule has 1 saturated heterocycles. The van der Waals surface area contributed by atoms with Crippen molar-refractivity contribution in [3.8, 4) is 0 Å². The van der Waals surface area contributed by atoms with Crippen molar-refractivity contribution in [2.45, 2.75) is 57.4 Å². The van der Waals surface area contributed by atoms with E-state index in [9.17, 15) is 4.79 Å². The summed E-state index contributed by atoms with van der Waals surface area (Å²) in [6.45, 7) is 5.10. The molecule has 3 atom stereocenters. The van der Waals surface area contributed by atoms with Gasteiger partial charge in [-0.2, -0.15) is 0 Å². The molecule has 0 aromatic rings. The summed E-state index contributed by atoms with van der Waals surface area (Å²) in [5, 5.41) is 3.58. The summed E-state index contributed by atoms with van der Waals surface area (Å²) in [5.74, 6) is 3.23. The van der Waals surface area contributed by atoms with E-state index in [0.29, 0.717) is 6.54 Å². The molecule has 1 heterocycles. The van der Waals surface area contributed by atoms with Crippen LogP contribution >= 0.6 is 0 Å². The fraction of sp³-hybridized carbons (Fsp3) is 0.909. The topological polar surface area (TPSA) is 51.2 Å². The van der Waals surface area contributed by atoms with E-state index in [0.717, 1.165) is 75.7 Å². The molecule has 1 aliphatic heterocycles. The van der Waals surface area contributed by atoms with Crippen molar-refractivity contribution < 1.29 is 4.79 Å². The smallest absolute Gasteiger partial charge is 0.230 e. The monoisotopic (exact) mass is 389 g/mol. The van der Waals surface area contributed by atoms with Gasteiger partial charge in [0.2, 0.25) is 5.91 Å². The van der Waals surface area contributed by atoms with Crippen molar-refractivity contribution in [2.24, 2.45) is 22.2 Å². The molecule has 0 aromatic heterocycles. The van der Waals surface area contributed by atoms with E-state index in [4.69, 9.17) is 0 Å². The lowest BCUT2D eigenvalue weighted by atomic mass is 9.84. The van der Waals surface area contributed by atoms with Crippen LogP contribution in [0, 0.1) is 17.3 Å². The van der Waals surface area contributed by atoms with Crippen molar-refractivity contribution >= 4 is 11.9 Å². The zero-order chi connectivity index (χ0) is 19.7. The van der Waals surface area contributed by atoms with Gasteiger partial charge in [-0.3, -0.25) is 14.7 Å². The Morgan fingerprint density at radius 2 is 1.82 bits per heavy atom. The predicted octanol–water partition coefficient (Wildman–Crippen LogP) is 2.02. The fourth-order valence-corrected chi connectivity index (χ4v) is 6.50. The Morgan fingerprint density at radius 3 is 2.36 bits per heavy atom. The highest BCUT2D eigenvalue weighted by molar-refractivity contribution is 5.85. The number of aliphatic imine (C=N–C) groups is 1. The number of hydrogen-bond donors (Lipinski definition) is 1. The first kappa shape index (κ1) is 20.0. The standard InChI is InChI=1S/C22H39N5O/c1-23-21(24-16-22(8-4-5-9-22)20(28)25(2)3)27-12-10-26(11-13-27)19-15-17-6-7-18(19)14-17/h17-19H,4-16H2,1-3H3,(H,23,24). The van der Waals surface area contributed by atoms with E-state index in [1.54, 1.807) is 4.90 Å². The third-order valence-corrected chi connectivity index (χ3v) is 8.00. The summed E-state index contributed by atoms with van der Waals surface area (Å²) in [7, 11) is 5.64. The number of rotatable bonds is 4. The van der Waals surface area contributed by atoms with Crippen LogP contribution in [0.15, 0.2) is 4.99 Å². The van der Waals surface area contributed by atoms with Crippen LogP contribution in [0.4, 0.5) is 0 Å². The van der Waals surface area contributed by atoms with Crippen molar-refractivity contribution in [2.75, 3.05) is 53.9 Å². The zero-order valence-electron chi connectivity index (χ0n) is 18.1. The SMILES string of the molecule is CN=C(NCC1(C(=O)N(C)C)CCCC1)N1CCN(C2CC3CCC2C3)CC1. The Labute approximate surface area is 170 Å². The Balaban J connectivity index is 1.31. The number of piperazine rings is 1. The van der Waals surface area contributed by atoms with Gasteiger partial charge in [-0.15, -0.1) is 0 Å². The van der Waals surface area contributed by atoms with Crippen LogP contribution in [0.2, 0.25) is 0 Å².